The molecule has 5 heterocycles. The van der Waals surface area contributed by atoms with Crippen LogP contribution < -0.4 is 32.1 Å². The number of hydrogen-bond acceptors (Lipinski definition) is 11. The van der Waals surface area contributed by atoms with E-state index in [1.807, 2.05) is 6.92 Å². The summed E-state index contributed by atoms with van der Waals surface area (Å²) in [5.74, 6) is -1.75. The third-order valence-corrected chi connectivity index (χ3v) is 9.44. The predicted molar refractivity (Wildman–Crippen MR) is 200 cm³/mol. The largest absolute Gasteiger partial charge is 0.382 e. The van der Waals surface area contributed by atoms with Gasteiger partial charge in [-0.3, -0.25) is 29.5 Å². The van der Waals surface area contributed by atoms with Gasteiger partial charge in [0.05, 0.1) is 30.3 Å². The Balaban J connectivity index is 1.13. The van der Waals surface area contributed by atoms with E-state index in [1.54, 1.807) is 65.6 Å². The van der Waals surface area contributed by atoms with Gasteiger partial charge >= 0.3 is 0 Å². The number of halogens is 1. The van der Waals surface area contributed by atoms with Gasteiger partial charge in [0.25, 0.3) is 23.6 Å². The van der Waals surface area contributed by atoms with Crippen LogP contribution in [0.2, 0.25) is 5.02 Å². The summed E-state index contributed by atoms with van der Waals surface area (Å²) in [6.45, 7) is 8.36. The van der Waals surface area contributed by atoms with E-state index in [1.165, 1.54) is 6.07 Å². The molecule has 0 radical (unpaired) electrons. The fraction of sp³-hybridized carbons (Fsp3) is 0.424. The van der Waals surface area contributed by atoms with E-state index < -0.39 is 17.7 Å². The van der Waals surface area contributed by atoms with Crippen molar-refractivity contribution in [3.8, 4) is 0 Å². The van der Waals surface area contributed by atoms with Crippen LogP contribution in [0, 0.1) is 0 Å². The fourth-order valence-electron chi connectivity index (χ4n) is 5.45. The first-order chi connectivity index (χ1) is 25.0. The molecule has 19 heteroatoms. The summed E-state index contributed by atoms with van der Waals surface area (Å²) in [5, 5.41) is 12.5. The molecule has 0 atom stereocenters. The first-order valence-corrected chi connectivity index (χ1v) is 17.9. The lowest BCUT2D eigenvalue weighted by atomic mass is 10.3. The maximum atomic E-state index is 13.2. The number of amides is 4. The average molecular weight is 758 g/mol. The van der Waals surface area contributed by atoms with Crippen LogP contribution in [-0.4, -0.2) is 106 Å². The first-order valence-electron chi connectivity index (χ1n) is 16.8. The minimum atomic E-state index is -0.505. The van der Waals surface area contributed by atoms with Crippen molar-refractivity contribution in [2.45, 2.75) is 13.3 Å². The van der Waals surface area contributed by atoms with Gasteiger partial charge in [-0.2, -0.15) is 4.37 Å². The van der Waals surface area contributed by atoms with Gasteiger partial charge in [0.15, 0.2) is 5.69 Å². The highest BCUT2D eigenvalue weighted by Crippen LogP contribution is 2.31. The van der Waals surface area contributed by atoms with Crippen LogP contribution in [0.5, 0.6) is 0 Å². The standard InChI is InChI=1S/C33H44ClN11O6S/c1-5-50-12-6-7-36-40-31(48)26-17-22(19-44(26)4)38-29(46)24-15-21(18-42(24)2)37-30(47)25-16-23(20-43(25)3)39-32(49)28-27(34)33(52-41-28)35-8-9-45-10-13-51-14-11-45/h15-20,35-36H,5-14H2,1-4H3,(H,37,47)(H,38,46)(H,39,49)(H,40,48). The molecule has 4 aromatic rings. The first kappa shape index (κ1) is 38.5. The highest BCUT2D eigenvalue weighted by atomic mass is 35.5. The number of carbonyl (C=O) groups excluding carboxylic acids is 4. The molecule has 1 aliphatic rings. The summed E-state index contributed by atoms with van der Waals surface area (Å²) in [6, 6.07) is 4.64. The molecule has 52 heavy (non-hydrogen) atoms. The third-order valence-electron chi connectivity index (χ3n) is 8.15. The monoisotopic (exact) mass is 757 g/mol. The van der Waals surface area contributed by atoms with Crippen molar-refractivity contribution in [2.24, 2.45) is 21.1 Å². The van der Waals surface area contributed by atoms with Crippen LogP contribution in [0.25, 0.3) is 0 Å². The lowest BCUT2D eigenvalue weighted by Gasteiger charge is -2.26. The minimum Gasteiger partial charge on any atom is -0.382 e. The predicted octanol–water partition coefficient (Wildman–Crippen LogP) is 2.97. The Morgan fingerprint density at radius 3 is 1.92 bits per heavy atom. The lowest BCUT2D eigenvalue weighted by Crippen LogP contribution is -2.39. The van der Waals surface area contributed by atoms with Crippen molar-refractivity contribution in [2.75, 3.05) is 80.4 Å². The molecule has 280 valence electrons. The van der Waals surface area contributed by atoms with Gasteiger partial charge in [-0.25, -0.2) is 5.43 Å². The minimum absolute atomic E-state index is 0.0848. The second-order valence-electron chi connectivity index (χ2n) is 12.0. The van der Waals surface area contributed by atoms with E-state index in [4.69, 9.17) is 21.1 Å². The molecule has 0 aromatic carbocycles. The number of hydrazine groups is 1. The maximum Gasteiger partial charge on any atom is 0.282 e. The molecule has 0 saturated carbocycles. The van der Waals surface area contributed by atoms with Crippen LogP contribution in [0.15, 0.2) is 36.8 Å². The molecule has 6 N–H and O–H groups in total. The summed E-state index contributed by atoms with van der Waals surface area (Å²) < 4.78 is 19.7. The fourth-order valence-corrected chi connectivity index (χ4v) is 6.50. The highest BCUT2D eigenvalue weighted by molar-refractivity contribution is 7.11. The number of aromatic nitrogens is 4. The molecule has 17 nitrogen and oxygen atoms in total. The van der Waals surface area contributed by atoms with Crippen LogP contribution in [0.1, 0.15) is 55.3 Å². The Bertz CT molecular complexity index is 1880. The van der Waals surface area contributed by atoms with Gasteiger partial charge in [-0.05, 0) is 43.1 Å². The summed E-state index contributed by atoms with van der Waals surface area (Å²) >= 11 is 7.60. The van der Waals surface area contributed by atoms with Gasteiger partial charge in [0.1, 0.15) is 27.1 Å². The molecule has 5 rings (SSSR count). The maximum absolute atomic E-state index is 13.2. The number of carbonyl (C=O) groups is 4. The van der Waals surface area contributed by atoms with Crippen molar-refractivity contribution in [3.05, 3.63) is 64.6 Å². The molecule has 0 bridgehead atoms. The van der Waals surface area contributed by atoms with E-state index in [2.05, 4.69) is 41.4 Å². The number of hydrogen-bond donors (Lipinski definition) is 6. The van der Waals surface area contributed by atoms with Crippen LogP contribution in [0.4, 0.5) is 22.1 Å². The van der Waals surface area contributed by atoms with Gasteiger partial charge < -0.3 is 44.4 Å². The van der Waals surface area contributed by atoms with Gasteiger partial charge in [0.2, 0.25) is 0 Å². The summed E-state index contributed by atoms with van der Waals surface area (Å²) in [4.78, 5) is 54.4. The molecular formula is C33H44ClN11O6S. The topological polar surface area (TPSA) is 190 Å². The number of nitrogens with one attached hydrogen (secondary N) is 6. The van der Waals surface area contributed by atoms with E-state index in [9.17, 15) is 19.2 Å². The summed E-state index contributed by atoms with van der Waals surface area (Å²) in [6.07, 6.45) is 5.58. The number of anilines is 4. The molecule has 4 aromatic heterocycles. The number of morpholine rings is 1. The molecule has 0 unspecified atom stereocenters. The van der Waals surface area contributed by atoms with E-state index in [0.717, 1.165) is 50.8 Å². The summed E-state index contributed by atoms with van der Waals surface area (Å²) in [5.41, 5.74) is 7.67. The number of nitrogens with zero attached hydrogens (tertiary/aromatic N) is 5. The van der Waals surface area contributed by atoms with Crippen molar-refractivity contribution >= 4 is 68.8 Å². The average Bonchev–Trinajstić information content (AvgIpc) is 3.88. The highest BCUT2D eigenvalue weighted by Gasteiger charge is 2.22. The quantitative estimate of drug-likeness (QED) is 0.0690. The Morgan fingerprint density at radius 1 is 0.827 bits per heavy atom. The van der Waals surface area contributed by atoms with Crippen LogP contribution >= 0.6 is 23.1 Å². The van der Waals surface area contributed by atoms with Crippen molar-refractivity contribution in [1.82, 2.24) is 33.8 Å². The Morgan fingerprint density at radius 2 is 1.37 bits per heavy atom. The molecule has 1 fully saturated rings. The van der Waals surface area contributed by atoms with Crippen molar-refractivity contribution in [1.29, 1.82) is 0 Å². The Hall–Kier alpha value is -4.72. The molecule has 1 saturated heterocycles. The van der Waals surface area contributed by atoms with Gasteiger partial charge in [-0.1, -0.05) is 11.6 Å². The molecular weight excluding hydrogens is 714 g/mol. The number of ether oxygens (including phenoxy) is 2. The van der Waals surface area contributed by atoms with Crippen LogP contribution in [0.3, 0.4) is 0 Å². The second kappa shape index (κ2) is 18.2. The second-order valence-corrected chi connectivity index (χ2v) is 13.2. The SMILES string of the molecule is CCOCCCNNC(=O)c1cc(NC(=O)c2cc(NC(=O)c3cc(NC(=O)c4nsc(NCCN5CCOCC5)c4Cl)cn3C)cn2C)cn1C. The molecule has 0 spiro atoms. The van der Waals surface area contributed by atoms with Gasteiger partial charge in [-0.15, -0.1) is 0 Å². The molecule has 4 amide bonds. The number of rotatable bonds is 17. The van der Waals surface area contributed by atoms with Crippen molar-refractivity contribution in [3.63, 3.8) is 0 Å². The van der Waals surface area contributed by atoms with Gasteiger partial charge in [0, 0.05) is 85.7 Å². The van der Waals surface area contributed by atoms with Crippen LogP contribution in [-0.2, 0) is 30.6 Å². The Labute approximate surface area is 310 Å². The van der Waals surface area contributed by atoms with Crippen molar-refractivity contribution < 1.29 is 28.7 Å². The van der Waals surface area contributed by atoms with E-state index in [-0.39, 0.29) is 28.0 Å². The zero-order valence-corrected chi connectivity index (χ0v) is 31.1. The zero-order chi connectivity index (χ0) is 37.2. The zero-order valence-electron chi connectivity index (χ0n) is 29.5. The lowest BCUT2D eigenvalue weighted by molar-refractivity contribution is 0.0398. The smallest absolute Gasteiger partial charge is 0.282 e. The molecule has 1 aliphatic heterocycles. The van der Waals surface area contributed by atoms with E-state index in [0.29, 0.717) is 54.1 Å². The normalized spacial score (nSPS) is 13.2. The molecule has 0 aliphatic carbocycles. The van der Waals surface area contributed by atoms with E-state index >= 15 is 0 Å². The Kier molecular flexibility index (Phi) is 13.5. The number of aryl methyl sites for hydroxylation is 3. The summed E-state index contributed by atoms with van der Waals surface area (Å²) in [7, 11) is 5.05. The third kappa shape index (κ3) is 9.99.